The third-order valence-electron chi connectivity index (χ3n) is 2.52. The van der Waals surface area contributed by atoms with Crippen LogP contribution in [0.3, 0.4) is 0 Å². The highest BCUT2D eigenvalue weighted by Gasteiger charge is 2.30. The lowest BCUT2D eigenvalue weighted by molar-refractivity contribution is -0.137. The van der Waals surface area contributed by atoms with E-state index in [4.69, 9.17) is 5.11 Å². The highest BCUT2D eigenvalue weighted by molar-refractivity contribution is 5.82. The molecule has 0 bridgehead atoms. The van der Waals surface area contributed by atoms with Gasteiger partial charge in [0.2, 0.25) is 0 Å². The van der Waals surface area contributed by atoms with Gasteiger partial charge in [0, 0.05) is 6.54 Å². The number of carbonyl (C=O) groups is 2. The number of carboxylic acid groups (broad SMARTS) is 1. The van der Waals surface area contributed by atoms with Gasteiger partial charge in [-0.25, -0.2) is 4.79 Å². The summed E-state index contributed by atoms with van der Waals surface area (Å²) in [5.41, 5.74) is 0.990. The number of carbonyl (C=O) groups excluding carboxylic acids is 1. The van der Waals surface area contributed by atoms with Crippen molar-refractivity contribution < 1.29 is 14.7 Å². The van der Waals surface area contributed by atoms with E-state index in [1.165, 1.54) is 4.90 Å². The van der Waals surface area contributed by atoms with Crippen molar-refractivity contribution in [1.82, 2.24) is 10.2 Å². The van der Waals surface area contributed by atoms with E-state index in [0.29, 0.717) is 6.54 Å². The summed E-state index contributed by atoms with van der Waals surface area (Å²) in [4.78, 5) is 23.3. The molecule has 1 saturated heterocycles. The fourth-order valence-electron chi connectivity index (χ4n) is 1.76. The largest absolute Gasteiger partial charge is 0.480 e. The number of benzene rings is 1. The predicted molar refractivity (Wildman–Crippen MR) is 56.9 cm³/mol. The number of nitrogens with zero attached hydrogens (tertiary/aromatic N) is 1. The van der Waals surface area contributed by atoms with Crippen LogP contribution in [-0.4, -0.2) is 35.1 Å². The molecule has 0 radical (unpaired) electrons. The van der Waals surface area contributed by atoms with Gasteiger partial charge in [0.05, 0.1) is 6.04 Å². The van der Waals surface area contributed by atoms with E-state index < -0.39 is 5.97 Å². The maximum absolute atomic E-state index is 11.4. The summed E-state index contributed by atoms with van der Waals surface area (Å²) in [6, 6.07) is 9.06. The van der Waals surface area contributed by atoms with Crippen molar-refractivity contribution in [2.45, 2.75) is 6.04 Å². The lowest BCUT2D eigenvalue weighted by Crippen LogP contribution is -2.32. The van der Waals surface area contributed by atoms with Gasteiger partial charge in [-0.1, -0.05) is 30.3 Å². The van der Waals surface area contributed by atoms with Crippen molar-refractivity contribution in [3.8, 4) is 0 Å². The van der Waals surface area contributed by atoms with Crippen molar-refractivity contribution in [2.75, 3.05) is 13.1 Å². The molecule has 16 heavy (non-hydrogen) atoms. The lowest BCUT2D eigenvalue weighted by Gasteiger charge is -2.11. The number of rotatable bonds is 3. The van der Waals surface area contributed by atoms with Crippen LogP contribution in [0.2, 0.25) is 0 Å². The summed E-state index contributed by atoms with van der Waals surface area (Å²) in [5.74, 6) is -0.996. The molecule has 0 saturated carbocycles. The molecule has 0 spiro atoms. The van der Waals surface area contributed by atoms with Crippen LogP contribution in [0.5, 0.6) is 0 Å². The van der Waals surface area contributed by atoms with Crippen LogP contribution < -0.4 is 5.32 Å². The van der Waals surface area contributed by atoms with Gasteiger partial charge in [-0.05, 0) is 5.56 Å². The van der Waals surface area contributed by atoms with Crippen LogP contribution in [0, 0.1) is 0 Å². The van der Waals surface area contributed by atoms with Crippen LogP contribution in [0.15, 0.2) is 30.3 Å². The minimum atomic E-state index is -0.996. The van der Waals surface area contributed by atoms with E-state index >= 15 is 0 Å². The average molecular weight is 220 g/mol. The molecule has 5 heteroatoms. The smallest absolute Gasteiger partial charge is 0.323 e. The number of carboxylic acids is 1. The highest BCUT2D eigenvalue weighted by atomic mass is 16.4. The Hall–Kier alpha value is -2.04. The Labute approximate surface area is 92.7 Å². The van der Waals surface area contributed by atoms with Crippen LogP contribution >= 0.6 is 0 Å². The van der Waals surface area contributed by atoms with E-state index in [1.54, 1.807) is 0 Å². The Bertz CT molecular complexity index is 405. The van der Waals surface area contributed by atoms with Gasteiger partial charge in [-0.3, -0.25) is 4.79 Å². The van der Waals surface area contributed by atoms with Crippen LogP contribution in [0.25, 0.3) is 0 Å². The molecule has 1 aliphatic rings. The zero-order valence-electron chi connectivity index (χ0n) is 8.59. The molecule has 1 aromatic rings. The van der Waals surface area contributed by atoms with E-state index in [2.05, 4.69) is 5.32 Å². The van der Waals surface area contributed by atoms with Gasteiger partial charge in [0.25, 0.3) is 0 Å². The number of hydrogen-bond acceptors (Lipinski definition) is 2. The van der Waals surface area contributed by atoms with Crippen molar-refractivity contribution in [1.29, 1.82) is 0 Å². The summed E-state index contributed by atoms with van der Waals surface area (Å²) in [7, 11) is 0. The molecule has 0 aromatic heterocycles. The Morgan fingerprint density at radius 1 is 1.44 bits per heavy atom. The first kappa shape index (κ1) is 10.5. The van der Waals surface area contributed by atoms with Crippen molar-refractivity contribution in [3.63, 3.8) is 0 Å². The second-order valence-electron chi connectivity index (χ2n) is 3.69. The zero-order valence-corrected chi connectivity index (χ0v) is 8.59. The molecule has 5 nitrogen and oxygen atoms in total. The van der Waals surface area contributed by atoms with Gasteiger partial charge >= 0.3 is 12.0 Å². The number of aliphatic carboxylic acids is 1. The maximum atomic E-state index is 11.4. The molecule has 1 unspecified atom stereocenters. The molecular formula is C11H12N2O3. The normalized spacial score (nSPS) is 19.6. The molecule has 1 heterocycles. The second-order valence-corrected chi connectivity index (χ2v) is 3.69. The number of hydrogen-bond donors (Lipinski definition) is 2. The van der Waals surface area contributed by atoms with E-state index in [-0.39, 0.29) is 18.6 Å². The molecule has 2 amide bonds. The molecule has 2 N–H and O–H groups in total. The topological polar surface area (TPSA) is 69.6 Å². The predicted octanol–water partition coefficient (Wildman–Crippen LogP) is 0.838. The molecule has 84 valence electrons. The SMILES string of the molecule is O=C(O)CN1CC(c2ccccc2)NC1=O. The standard InChI is InChI=1S/C11H12N2O3/c14-10(15)7-13-6-9(12-11(13)16)8-4-2-1-3-5-8/h1-5,9H,6-7H2,(H,12,16)(H,14,15). The van der Waals surface area contributed by atoms with Gasteiger partial charge in [0.15, 0.2) is 0 Å². The first-order valence-corrected chi connectivity index (χ1v) is 4.99. The van der Waals surface area contributed by atoms with E-state index in [9.17, 15) is 9.59 Å². The van der Waals surface area contributed by atoms with Crippen LogP contribution in [-0.2, 0) is 4.79 Å². The number of amides is 2. The van der Waals surface area contributed by atoms with Gasteiger partial charge in [0.1, 0.15) is 6.54 Å². The molecular weight excluding hydrogens is 208 g/mol. The van der Waals surface area contributed by atoms with Crippen LogP contribution in [0.1, 0.15) is 11.6 Å². The molecule has 0 aliphatic carbocycles. The average Bonchev–Trinajstić information content (AvgIpc) is 2.61. The summed E-state index contributed by atoms with van der Waals surface area (Å²) in [6.07, 6.45) is 0. The van der Waals surface area contributed by atoms with Gasteiger partial charge in [-0.2, -0.15) is 0 Å². The summed E-state index contributed by atoms with van der Waals surface area (Å²) >= 11 is 0. The Morgan fingerprint density at radius 2 is 2.12 bits per heavy atom. The third kappa shape index (κ3) is 2.13. The number of nitrogens with one attached hydrogen (secondary N) is 1. The third-order valence-corrected chi connectivity index (χ3v) is 2.52. The van der Waals surface area contributed by atoms with E-state index in [1.807, 2.05) is 30.3 Å². The molecule has 1 fully saturated rings. The van der Waals surface area contributed by atoms with Gasteiger partial charge in [-0.15, -0.1) is 0 Å². The minimum Gasteiger partial charge on any atom is -0.480 e. The fourth-order valence-corrected chi connectivity index (χ4v) is 1.76. The van der Waals surface area contributed by atoms with Crippen LogP contribution in [0.4, 0.5) is 4.79 Å². The maximum Gasteiger partial charge on any atom is 0.323 e. The highest BCUT2D eigenvalue weighted by Crippen LogP contribution is 2.19. The molecule has 2 rings (SSSR count). The minimum absolute atomic E-state index is 0.118. The first-order valence-electron chi connectivity index (χ1n) is 4.99. The van der Waals surface area contributed by atoms with Crippen molar-refractivity contribution >= 4 is 12.0 Å². The number of urea groups is 1. The molecule has 1 aliphatic heterocycles. The second kappa shape index (κ2) is 4.22. The van der Waals surface area contributed by atoms with Gasteiger partial charge < -0.3 is 15.3 Å². The molecule has 1 aromatic carbocycles. The Kier molecular flexibility index (Phi) is 2.76. The quantitative estimate of drug-likeness (QED) is 0.793. The zero-order chi connectivity index (χ0) is 11.5. The summed E-state index contributed by atoms with van der Waals surface area (Å²) in [5, 5.41) is 11.4. The van der Waals surface area contributed by atoms with E-state index in [0.717, 1.165) is 5.56 Å². The Balaban J connectivity index is 2.07. The fraction of sp³-hybridized carbons (Fsp3) is 0.273. The monoisotopic (exact) mass is 220 g/mol. The van der Waals surface area contributed by atoms with Crippen molar-refractivity contribution in [3.05, 3.63) is 35.9 Å². The Morgan fingerprint density at radius 3 is 2.75 bits per heavy atom. The summed E-state index contributed by atoms with van der Waals surface area (Å²) in [6.45, 7) is 0.143. The molecule has 1 atom stereocenters. The first-order chi connectivity index (χ1) is 7.66. The lowest BCUT2D eigenvalue weighted by atomic mass is 10.1. The van der Waals surface area contributed by atoms with Crippen molar-refractivity contribution in [2.24, 2.45) is 0 Å². The summed E-state index contributed by atoms with van der Waals surface area (Å²) < 4.78 is 0.